The van der Waals surface area contributed by atoms with Crippen molar-refractivity contribution in [1.29, 1.82) is 0 Å². The standard InChI is InChI=1S/C36H52N4O5S/c1-25(2)22-38(46(42,43)36-26(3)21-33(44-9)27(4)28(36)5)19-20-45-24-34(41)40-18-17-39-31(23-37(7)8)15-16-32(39)35(40)29(6)30-13-11-10-12-14-30/h10-16,21,25,29,35H,17-20,22-24H2,1-9H3. The lowest BCUT2D eigenvalue weighted by Gasteiger charge is -2.41. The number of methoxy groups -OCH3 is 1. The largest absolute Gasteiger partial charge is 0.496 e. The third-order valence-electron chi connectivity index (χ3n) is 8.98. The molecule has 10 heteroatoms. The zero-order valence-corrected chi connectivity index (χ0v) is 29.9. The number of nitrogens with zero attached hydrogens (tertiary/aromatic N) is 4. The molecule has 3 aromatic rings. The average molecular weight is 653 g/mol. The van der Waals surface area contributed by atoms with Crippen molar-refractivity contribution in [2.75, 3.05) is 54.1 Å². The molecule has 2 heterocycles. The van der Waals surface area contributed by atoms with Crippen LogP contribution in [0.1, 0.15) is 66.4 Å². The Morgan fingerprint density at radius 1 is 1.00 bits per heavy atom. The van der Waals surface area contributed by atoms with Crippen LogP contribution in [0.5, 0.6) is 5.75 Å². The number of benzene rings is 2. The molecule has 46 heavy (non-hydrogen) atoms. The number of carbonyl (C=O) groups is 1. The molecule has 0 bridgehead atoms. The van der Waals surface area contributed by atoms with Gasteiger partial charge in [0.15, 0.2) is 0 Å². The van der Waals surface area contributed by atoms with Crippen LogP contribution in [0.15, 0.2) is 53.4 Å². The lowest BCUT2D eigenvalue weighted by Crippen LogP contribution is -2.46. The number of aryl methyl sites for hydroxylation is 1. The summed E-state index contributed by atoms with van der Waals surface area (Å²) in [5.41, 5.74) is 5.67. The summed E-state index contributed by atoms with van der Waals surface area (Å²) >= 11 is 0. The van der Waals surface area contributed by atoms with Gasteiger partial charge >= 0.3 is 0 Å². The summed E-state index contributed by atoms with van der Waals surface area (Å²) in [6.45, 7) is 14.3. The number of carbonyl (C=O) groups excluding carboxylic acids is 1. The van der Waals surface area contributed by atoms with Crippen molar-refractivity contribution >= 4 is 15.9 Å². The summed E-state index contributed by atoms with van der Waals surface area (Å²) in [5, 5.41) is 0. The van der Waals surface area contributed by atoms with Gasteiger partial charge in [0, 0.05) is 50.0 Å². The normalized spacial score (nSPS) is 15.9. The zero-order valence-electron chi connectivity index (χ0n) is 29.0. The van der Waals surface area contributed by atoms with E-state index in [0.29, 0.717) is 34.9 Å². The first-order valence-corrected chi connectivity index (χ1v) is 17.6. The third-order valence-corrected chi connectivity index (χ3v) is 11.1. The first-order chi connectivity index (χ1) is 21.8. The summed E-state index contributed by atoms with van der Waals surface area (Å²) in [4.78, 5) is 18.2. The molecule has 1 aliphatic heterocycles. The molecule has 1 amide bonds. The van der Waals surface area contributed by atoms with Crippen LogP contribution >= 0.6 is 0 Å². The fourth-order valence-corrected chi connectivity index (χ4v) is 8.73. The van der Waals surface area contributed by atoms with Crippen molar-refractivity contribution in [2.45, 2.75) is 71.5 Å². The number of amides is 1. The Morgan fingerprint density at radius 2 is 1.70 bits per heavy atom. The van der Waals surface area contributed by atoms with E-state index in [1.807, 2.05) is 50.8 Å². The summed E-state index contributed by atoms with van der Waals surface area (Å²) < 4.78 is 43.3. The van der Waals surface area contributed by atoms with Crippen molar-refractivity contribution in [1.82, 2.24) is 18.7 Å². The van der Waals surface area contributed by atoms with Gasteiger partial charge in [-0.05, 0) is 81.2 Å². The minimum atomic E-state index is -3.82. The van der Waals surface area contributed by atoms with Crippen LogP contribution in [-0.2, 0) is 32.6 Å². The summed E-state index contributed by atoms with van der Waals surface area (Å²) in [6, 6.07) is 16.3. The van der Waals surface area contributed by atoms with Crippen molar-refractivity contribution in [3.63, 3.8) is 0 Å². The molecule has 0 N–H and O–H groups in total. The highest BCUT2D eigenvalue weighted by atomic mass is 32.2. The van der Waals surface area contributed by atoms with Gasteiger partial charge in [0.25, 0.3) is 0 Å². The Labute approximate surface area is 276 Å². The van der Waals surface area contributed by atoms with Gasteiger partial charge in [-0.25, -0.2) is 8.42 Å². The van der Waals surface area contributed by atoms with Crippen LogP contribution in [0.2, 0.25) is 0 Å². The van der Waals surface area contributed by atoms with Gasteiger partial charge in [-0.2, -0.15) is 4.31 Å². The summed E-state index contributed by atoms with van der Waals surface area (Å²) in [7, 11) is 1.90. The van der Waals surface area contributed by atoms with E-state index in [4.69, 9.17) is 9.47 Å². The van der Waals surface area contributed by atoms with Gasteiger partial charge in [0.2, 0.25) is 15.9 Å². The first kappa shape index (κ1) is 35.7. The highest BCUT2D eigenvalue weighted by molar-refractivity contribution is 7.89. The minimum absolute atomic E-state index is 0.0671. The maximum atomic E-state index is 14.0. The highest BCUT2D eigenvalue weighted by Gasteiger charge is 2.36. The Balaban J connectivity index is 1.51. The third kappa shape index (κ3) is 7.68. The van der Waals surface area contributed by atoms with Gasteiger partial charge < -0.3 is 23.8 Å². The fourth-order valence-electron chi connectivity index (χ4n) is 6.66. The molecule has 0 spiro atoms. The van der Waals surface area contributed by atoms with Gasteiger partial charge in [0.1, 0.15) is 12.4 Å². The number of hydrogen-bond acceptors (Lipinski definition) is 6. The number of aromatic nitrogens is 1. The second-order valence-electron chi connectivity index (χ2n) is 13.2. The van der Waals surface area contributed by atoms with Gasteiger partial charge in [-0.1, -0.05) is 51.1 Å². The SMILES string of the molecule is COc1cc(C)c(S(=O)(=O)N(CCOCC(=O)N2CCn3c(CN(C)C)ccc3C2C(C)c2ccccc2)CC(C)C)c(C)c1C. The topological polar surface area (TPSA) is 84.3 Å². The van der Waals surface area contributed by atoms with Crippen molar-refractivity contribution in [3.8, 4) is 5.75 Å². The van der Waals surface area contributed by atoms with Crippen molar-refractivity contribution in [3.05, 3.63) is 82.2 Å². The van der Waals surface area contributed by atoms with E-state index in [0.717, 1.165) is 24.3 Å². The molecule has 0 aliphatic carbocycles. The van der Waals surface area contributed by atoms with Gasteiger partial charge in [0.05, 0.1) is 24.7 Å². The van der Waals surface area contributed by atoms with Crippen molar-refractivity contribution < 1.29 is 22.7 Å². The molecular formula is C36H52N4O5S. The van der Waals surface area contributed by atoms with Gasteiger partial charge in [-0.15, -0.1) is 0 Å². The van der Waals surface area contributed by atoms with Crippen LogP contribution in [0.25, 0.3) is 0 Å². The van der Waals surface area contributed by atoms with Crippen LogP contribution in [0.3, 0.4) is 0 Å². The smallest absolute Gasteiger partial charge is 0.249 e. The Hall–Kier alpha value is -3.18. The van der Waals surface area contributed by atoms with Crippen LogP contribution in [0, 0.1) is 26.7 Å². The molecule has 9 nitrogen and oxygen atoms in total. The van der Waals surface area contributed by atoms with E-state index >= 15 is 0 Å². The Morgan fingerprint density at radius 3 is 2.33 bits per heavy atom. The Kier molecular flexibility index (Phi) is 11.7. The lowest BCUT2D eigenvalue weighted by molar-refractivity contribution is -0.140. The first-order valence-electron chi connectivity index (χ1n) is 16.2. The van der Waals surface area contributed by atoms with E-state index < -0.39 is 10.0 Å². The van der Waals surface area contributed by atoms with E-state index in [-0.39, 0.29) is 43.5 Å². The molecular weight excluding hydrogens is 600 g/mol. The quantitative estimate of drug-likeness (QED) is 0.213. The summed E-state index contributed by atoms with van der Waals surface area (Å²) in [6.07, 6.45) is 0. The molecule has 0 fully saturated rings. The maximum absolute atomic E-state index is 14.0. The monoisotopic (exact) mass is 652 g/mol. The van der Waals surface area contributed by atoms with Crippen LogP contribution in [0.4, 0.5) is 0 Å². The molecule has 2 unspecified atom stereocenters. The highest BCUT2D eigenvalue weighted by Crippen LogP contribution is 2.39. The molecule has 1 aliphatic rings. The number of hydrogen-bond donors (Lipinski definition) is 0. The number of rotatable bonds is 14. The minimum Gasteiger partial charge on any atom is -0.496 e. The van der Waals surface area contributed by atoms with E-state index in [2.05, 4.69) is 54.8 Å². The predicted molar refractivity (Wildman–Crippen MR) is 183 cm³/mol. The number of ether oxygens (including phenoxy) is 2. The van der Waals surface area contributed by atoms with Crippen LogP contribution in [-0.4, -0.2) is 87.1 Å². The molecule has 0 saturated carbocycles. The summed E-state index contributed by atoms with van der Waals surface area (Å²) in [5.74, 6) is 0.756. The lowest BCUT2D eigenvalue weighted by atomic mass is 9.89. The van der Waals surface area contributed by atoms with Gasteiger partial charge in [-0.3, -0.25) is 4.79 Å². The number of sulfonamides is 1. The van der Waals surface area contributed by atoms with E-state index in [9.17, 15) is 13.2 Å². The molecule has 0 saturated heterocycles. The molecule has 2 aromatic carbocycles. The zero-order chi connectivity index (χ0) is 33.8. The maximum Gasteiger partial charge on any atom is 0.249 e. The molecule has 252 valence electrons. The molecule has 0 radical (unpaired) electrons. The van der Waals surface area contributed by atoms with Crippen molar-refractivity contribution in [2.24, 2.45) is 5.92 Å². The fraction of sp³-hybridized carbons (Fsp3) is 0.528. The Bertz CT molecular complexity index is 1600. The second-order valence-corrected chi connectivity index (χ2v) is 15.0. The van der Waals surface area contributed by atoms with E-state index in [1.165, 1.54) is 15.6 Å². The average Bonchev–Trinajstić information content (AvgIpc) is 3.41. The van der Waals surface area contributed by atoms with E-state index in [1.54, 1.807) is 20.1 Å². The second kappa shape index (κ2) is 15.2. The number of fused-ring (bicyclic) bond motifs is 1. The predicted octanol–water partition coefficient (Wildman–Crippen LogP) is 5.53. The molecule has 2 atom stereocenters. The van der Waals surface area contributed by atoms with Crippen LogP contribution < -0.4 is 4.74 Å². The molecule has 1 aromatic heterocycles. The molecule has 4 rings (SSSR count).